The van der Waals surface area contributed by atoms with Crippen molar-refractivity contribution >= 4 is 55.1 Å². The minimum Gasteiger partial charge on any atom is -0.491 e. The van der Waals surface area contributed by atoms with Crippen molar-refractivity contribution in [2.75, 3.05) is 11.9 Å². The van der Waals surface area contributed by atoms with E-state index >= 15 is 0 Å². The van der Waals surface area contributed by atoms with Gasteiger partial charge in [-0.3, -0.25) is 4.79 Å². The Kier molecular flexibility index (Phi) is 5.61. The molecule has 0 radical (unpaired) electrons. The van der Waals surface area contributed by atoms with E-state index in [9.17, 15) is 4.79 Å². The first-order valence-electron chi connectivity index (χ1n) is 6.06. The van der Waals surface area contributed by atoms with E-state index in [1.807, 2.05) is 6.92 Å². The Morgan fingerprint density at radius 1 is 1.38 bits per heavy atom. The van der Waals surface area contributed by atoms with Gasteiger partial charge in [0.2, 0.25) is 0 Å². The molecule has 2 rings (SSSR count). The number of ether oxygens (including phenoxy) is 1. The molecule has 0 unspecified atom stereocenters. The van der Waals surface area contributed by atoms with Gasteiger partial charge in [0.05, 0.1) is 16.8 Å². The Morgan fingerprint density at radius 2 is 2.14 bits per heavy atom. The molecule has 21 heavy (non-hydrogen) atoms. The van der Waals surface area contributed by atoms with Crippen LogP contribution in [-0.4, -0.2) is 17.5 Å². The van der Waals surface area contributed by atoms with Crippen LogP contribution in [0.4, 0.5) is 5.69 Å². The number of nitrogens with zero attached hydrogens (tertiary/aromatic N) is 1. The molecule has 0 aliphatic heterocycles. The summed E-state index contributed by atoms with van der Waals surface area (Å²) in [7, 11) is 0. The Labute approximate surface area is 144 Å². The van der Waals surface area contributed by atoms with E-state index in [0.717, 1.165) is 4.47 Å². The van der Waals surface area contributed by atoms with E-state index in [0.29, 0.717) is 33.2 Å². The van der Waals surface area contributed by atoms with Gasteiger partial charge in [0.1, 0.15) is 5.69 Å². The topological polar surface area (TPSA) is 51.2 Å². The maximum atomic E-state index is 12.2. The Hall–Kier alpha value is -1.11. The zero-order valence-electron chi connectivity index (χ0n) is 11.0. The van der Waals surface area contributed by atoms with Gasteiger partial charge < -0.3 is 10.1 Å². The highest BCUT2D eigenvalue weighted by molar-refractivity contribution is 9.10. The lowest BCUT2D eigenvalue weighted by molar-refractivity contribution is 0.102. The highest BCUT2D eigenvalue weighted by Gasteiger charge is 2.14. The number of hydrogen-bond donors (Lipinski definition) is 1. The number of pyridine rings is 1. The van der Waals surface area contributed by atoms with Crippen molar-refractivity contribution in [1.82, 2.24) is 4.98 Å². The number of benzene rings is 1. The van der Waals surface area contributed by atoms with Crippen molar-refractivity contribution in [3.05, 3.63) is 50.1 Å². The van der Waals surface area contributed by atoms with Crippen molar-refractivity contribution in [3.63, 3.8) is 0 Å². The van der Waals surface area contributed by atoms with Gasteiger partial charge in [0, 0.05) is 15.7 Å². The lowest BCUT2D eigenvalue weighted by atomic mass is 10.2. The van der Waals surface area contributed by atoms with Crippen LogP contribution in [0.2, 0.25) is 5.02 Å². The number of halogens is 3. The zero-order chi connectivity index (χ0) is 15.4. The molecule has 110 valence electrons. The van der Waals surface area contributed by atoms with Gasteiger partial charge in [0.15, 0.2) is 5.75 Å². The maximum absolute atomic E-state index is 12.2. The SMILES string of the molecule is CCOc1c(Br)cc(Cl)cc1NC(=O)c1ccc(Br)cn1. The minimum absolute atomic E-state index is 0.303. The summed E-state index contributed by atoms with van der Waals surface area (Å²) in [6.07, 6.45) is 1.56. The lowest BCUT2D eigenvalue weighted by Gasteiger charge is -2.13. The fourth-order valence-corrected chi connectivity index (χ4v) is 2.80. The molecule has 0 spiro atoms. The second-order valence-electron chi connectivity index (χ2n) is 4.01. The Morgan fingerprint density at radius 3 is 2.76 bits per heavy atom. The van der Waals surface area contributed by atoms with E-state index in [4.69, 9.17) is 16.3 Å². The molecular weight excluding hydrogens is 423 g/mol. The monoisotopic (exact) mass is 432 g/mol. The number of hydrogen-bond acceptors (Lipinski definition) is 3. The molecule has 2 aromatic rings. The average Bonchev–Trinajstić information content (AvgIpc) is 2.43. The largest absolute Gasteiger partial charge is 0.491 e. The first kappa shape index (κ1) is 16.3. The summed E-state index contributed by atoms with van der Waals surface area (Å²) in [4.78, 5) is 16.3. The Balaban J connectivity index is 2.29. The molecule has 0 atom stereocenters. The van der Waals surface area contributed by atoms with Crippen molar-refractivity contribution in [2.24, 2.45) is 0 Å². The van der Waals surface area contributed by atoms with Gasteiger partial charge in [-0.25, -0.2) is 4.98 Å². The fraction of sp³-hybridized carbons (Fsp3) is 0.143. The molecule has 1 aromatic heterocycles. The number of carbonyl (C=O) groups excluding carboxylic acids is 1. The normalized spacial score (nSPS) is 10.3. The number of nitrogens with one attached hydrogen (secondary N) is 1. The second-order valence-corrected chi connectivity index (χ2v) is 6.22. The maximum Gasteiger partial charge on any atom is 0.274 e. The highest BCUT2D eigenvalue weighted by atomic mass is 79.9. The quantitative estimate of drug-likeness (QED) is 0.744. The van der Waals surface area contributed by atoms with Crippen molar-refractivity contribution in [2.45, 2.75) is 6.92 Å². The van der Waals surface area contributed by atoms with Gasteiger partial charge in [-0.2, -0.15) is 0 Å². The van der Waals surface area contributed by atoms with E-state index in [1.54, 1.807) is 30.5 Å². The number of aromatic nitrogens is 1. The van der Waals surface area contributed by atoms with Crippen LogP contribution in [-0.2, 0) is 0 Å². The van der Waals surface area contributed by atoms with Gasteiger partial charge in [-0.1, -0.05) is 11.6 Å². The standard InChI is InChI=1S/C14H11Br2ClN2O2/c1-2-21-13-10(16)5-9(17)6-12(13)19-14(20)11-4-3-8(15)7-18-11/h3-7H,2H2,1H3,(H,19,20). The molecule has 1 heterocycles. The molecule has 0 aliphatic rings. The van der Waals surface area contributed by atoms with E-state index < -0.39 is 0 Å². The van der Waals surface area contributed by atoms with Gasteiger partial charge in [0.25, 0.3) is 5.91 Å². The molecule has 4 nitrogen and oxygen atoms in total. The molecular formula is C14H11Br2ClN2O2. The fourth-order valence-electron chi connectivity index (χ4n) is 1.64. The number of carbonyl (C=O) groups is 1. The number of anilines is 1. The third kappa shape index (κ3) is 4.18. The molecule has 1 aromatic carbocycles. The number of amides is 1. The first-order valence-corrected chi connectivity index (χ1v) is 8.02. The molecule has 0 saturated carbocycles. The van der Waals surface area contributed by atoms with Gasteiger partial charge >= 0.3 is 0 Å². The van der Waals surface area contributed by atoms with E-state index in [-0.39, 0.29) is 5.91 Å². The molecule has 0 saturated heterocycles. The molecule has 0 aliphatic carbocycles. The smallest absolute Gasteiger partial charge is 0.274 e. The minimum atomic E-state index is -0.336. The summed E-state index contributed by atoms with van der Waals surface area (Å²) < 4.78 is 7.01. The Bertz CT molecular complexity index is 663. The van der Waals surface area contributed by atoms with Gasteiger partial charge in [-0.05, 0) is 63.0 Å². The van der Waals surface area contributed by atoms with Crippen LogP contribution in [0, 0.1) is 0 Å². The predicted octanol–water partition coefficient (Wildman–Crippen LogP) is 4.91. The van der Waals surface area contributed by atoms with Crippen LogP contribution in [0.3, 0.4) is 0 Å². The average molecular weight is 435 g/mol. The summed E-state index contributed by atoms with van der Waals surface area (Å²) >= 11 is 12.7. The molecule has 1 N–H and O–H groups in total. The first-order chi connectivity index (χ1) is 10.0. The second kappa shape index (κ2) is 7.24. The van der Waals surface area contributed by atoms with E-state index in [2.05, 4.69) is 42.2 Å². The highest BCUT2D eigenvalue weighted by Crippen LogP contribution is 2.36. The predicted molar refractivity (Wildman–Crippen MR) is 90.2 cm³/mol. The van der Waals surface area contributed by atoms with E-state index in [1.165, 1.54) is 0 Å². The summed E-state index contributed by atoms with van der Waals surface area (Å²) in [6, 6.07) is 6.72. The summed E-state index contributed by atoms with van der Waals surface area (Å²) in [5, 5.41) is 3.25. The van der Waals surface area contributed by atoms with Crippen molar-refractivity contribution < 1.29 is 9.53 Å². The van der Waals surface area contributed by atoms with Crippen LogP contribution in [0.15, 0.2) is 39.4 Å². The van der Waals surface area contributed by atoms with Gasteiger partial charge in [-0.15, -0.1) is 0 Å². The van der Waals surface area contributed by atoms with Crippen LogP contribution >= 0.6 is 43.5 Å². The summed E-state index contributed by atoms with van der Waals surface area (Å²) in [5.74, 6) is 0.199. The van der Waals surface area contributed by atoms with Crippen LogP contribution in [0.5, 0.6) is 5.75 Å². The molecule has 0 fully saturated rings. The summed E-state index contributed by atoms with van der Waals surface area (Å²) in [5.41, 5.74) is 0.794. The van der Waals surface area contributed by atoms with Crippen molar-refractivity contribution in [3.8, 4) is 5.75 Å². The van der Waals surface area contributed by atoms with Crippen LogP contribution in [0.25, 0.3) is 0 Å². The van der Waals surface area contributed by atoms with Crippen molar-refractivity contribution in [1.29, 1.82) is 0 Å². The molecule has 0 bridgehead atoms. The third-order valence-electron chi connectivity index (χ3n) is 2.51. The molecule has 1 amide bonds. The number of rotatable bonds is 4. The lowest BCUT2D eigenvalue weighted by Crippen LogP contribution is -2.14. The third-order valence-corrected chi connectivity index (χ3v) is 3.78. The zero-order valence-corrected chi connectivity index (χ0v) is 14.9. The van der Waals surface area contributed by atoms with Crippen LogP contribution < -0.4 is 10.1 Å². The molecule has 7 heteroatoms. The van der Waals surface area contributed by atoms with Crippen LogP contribution in [0.1, 0.15) is 17.4 Å². The summed E-state index contributed by atoms with van der Waals surface area (Å²) in [6.45, 7) is 2.34.